The van der Waals surface area contributed by atoms with E-state index in [-0.39, 0.29) is 6.04 Å². The molecular formula is C16H23NO. The predicted octanol–water partition coefficient (Wildman–Crippen LogP) is 2.90. The summed E-state index contributed by atoms with van der Waals surface area (Å²) in [6, 6.07) is 6.39. The maximum absolute atomic E-state index is 12.4. The number of carbonyl (C=O) groups is 1. The number of hydrogen-bond donors (Lipinski definition) is 0. The number of aryl methyl sites for hydroxylation is 2. The van der Waals surface area contributed by atoms with Crippen molar-refractivity contribution in [2.24, 2.45) is 0 Å². The van der Waals surface area contributed by atoms with Crippen molar-refractivity contribution in [3.8, 4) is 0 Å². The van der Waals surface area contributed by atoms with E-state index in [1.165, 1.54) is 29.5 Å². The van der Waals surface area contributed by atoms with Crippen LogP contribution in [0, 0.1) is 13.8 Å². The SMILES string of the molecule is Cc1cccc(C)c1CC(=O)C1CCCCN1C. The fourth-order valence-electron chi connectivity index (χ4n) is 2.90. The molecule has 2 nitrogen and oxygen atoms in total. The Bertz CT molecular complexity index is 418. The van der Waals surface area contributed by atoms with Crippen molar-refractivity contribution in [1.29, 1.82) is 0 Å². The van der Waals surface area contributed by atoms with Crippen LogP contribution in [0.25, 0.3) is 0 Å². The molecule has 1 aromatic rings. The van der Waals surface area contributed by atoms with Crippen molar-refractivity contribution >= 4 is 5.78 Å². The lowest BCUT2D eigenvalue weighted by atomic mass is 9.92. The first kappa shape index (κ1) is 13.3. The number of piperidine rings is 1. The molecule has 0 spiro atoms. The van der Waals surface area contributed by atoms with Crippen LogP contribution in [0.3, 0.4) is 0 Å². The highest BCUT2D eigenvalue weighted by atomic mass is 16.1. The van der Waals surface area contributed by atoms with Gasteiger partial charge in [-0.1, -0.05) is 24.6 Å². The van der Waals surface area contributed by atoms with Crippen LogP contribution >= 0.6 is 0 Å². The first-order valence-corrected chi connectivity index (χ1v) is 6.87. The third-order valence-electron chi connectivity index (χ3n) is 4.14. The molecule has 1 saturated heterocycles. The molecule has 0 N–H and O–H groups in total. The van der Waals surface area contributed by atoms with Gasteiger partial charge in [-0.25, -0.2) is 0 Å². The smallest absolute Gasteiger partial charge is 0.154 e. The van der Waals surface area contributed by atoms with Crippen LogP contribution < -0.4 is 0 Å². The van der Waals surface area contributed by atoms with Crippen LogP contribution in [-0.4, -0.2) is 30.3 Å². The molecule has 0 aliphatic carbocycles. The van der Waals surface area contributed by atoms with E-state index in [0.717, 1.165) is 13.0 Å². The molecule has 1 fully saturated rings. The molecule has 1 unspecified atom stereocenters. The second-order valence-corrected chi connectivity index (χ2v) is 5.51. The number of nitrogens with zero attached hydrogens (tertiary/aromatic N) is 1. The zero-order valence-electron chi connectivity index (χ0n) is 11.7. The quantitative estimate of drug-likeness (QED) is 0.816. The minimum atomic E-state index is 0.137. The second kappa shape index (κ2) is 5.66. The summed E-state index contributed by atoms with van der Waals surface area (Å²) in [7, 11) is 2.08. The Morgan fingerprint density at radius 2 is 1.94 bits per heavy atom. The van der Waals surface area contributed by atoms with Gasteiger partial charge in [-0.3, -0.25) is 9.69 Å². The van der Waals surface area contributed by atoms with Crippen molar-refractivity contribution in [2.75, 3.05) is 13.6 Å². The zero-order chi connectivity index (χ0) is 13.1. The summed E-state index contributed by atoms with van der Waals surface area (Å²) < 4.78 is 0. The van der Waals surface area contributed by atoms with Crippen molar-refractivity contribution in [2.45, 2.75) is 45.6 Å². The Kier molecular flexibility index (Phi) is 4.18. The first-order valence-electron chi connectivity index (χ1n) is 6.87. The molecule has 1 heterocycles. The molecule has 0 bridgehead atoms. The van der Waals surface area contributed by atoms with Gasteiger partial charge < -0.3 is 0 Å². The summed E-state index contributed by atoms with van der Waals surface area (Å²) in [6.07, 6.45) is 4.03. The Morgan fingerprint density at radius 1 is 1.28 bits per heavy atom. The van der Waals surface area contributed by atoms with E-state index >= 15 is 0 Å². The van der Waals surface area contributed by atoms with Crippen LogP contribution in [0.15, 0.2) is 18.2 Å². The Morgan fingerprint density at radius 3 is 2.56 bits per heavy atom. The molecular weight excluding hydrogens is 222 g/mol. The summed E-state index contributed by atoms with van der Waals surface area (Å²) >= 11 is 0. The van der Waals surface area contributed by atoms with Gasteiger partial charge in [0.15, 0.2) is 5.78 Å². The molecule has 1 aromatic carbocycles. The molecule has 0 amide bonds. The lowest BCUT2D eigenvalue weighted by molar-refractivity contribution is -0.124. The van der Waals surface area contributed by atoms with Gasteiger partial charge in [0.2, 0.25) is 0 Å². The highest BCUT2D eigenvalue weighted by molar-refractivity contribution is 5.86. The van der Waals surface area contributed by atoms with E-state index in [4.69, 9.17) is 0 Å². The summed E-state index contributed by atoms with van der Waals surface area (Å²) in [5.74, 6) is 0.384. The number of rotatable bonds is 3. The van der Waals surface area contributed by atoms with E-state index < -0.39 is 0 Å². The van der Waals surface area contributed by atoms with Crippen LogP contribution in [0.2, 0.25) is 0 Å². The number of hydrogen-bond acceptors (Lipinski definition) is 2. The Balaban J connectivity index is 2.11. The number of likely N-dealkylation sites (tertiary alicyclic amines) is 1. The lowest BCUT2D eigenvalue weighted by Crippen LogP contribution is -2.42. The van der Waals surface area contributed by atoms with Gasteiger partial charge in [0.25, 0.3) is 0 Å². The number of ketones is 1. The van der Waals surface area contributed by atoms with Gasteiger partial charge >= 0.3 is 0 Å². The van der Waals surface area contributed by atoms with E-state index in [2.05, 4.69) is 44.0 Å². The maximum Gasteiger partial charge on any atom is 0.154 e. The molecule has 1 atom stereocenters. The maximum atomic E-state index is 12.4. The summed E-state index contributed by atoms with van der Waals surface area (Å²) in [5, 5.41) is 0. The number of Topliss-reactive ketones (excluding diaryl/α,β-unsaturated/α-hetero) is 1. The first-order chi connectivity index (χ1) is 8.59. The van der Waals surface area contributed by atoms with E-state index in [1.54, 1.807) is 0 Å². The molecule has 0 saturated carbocycles. The molecule has 1 aliphatic heterocycles. The molecule has 1 aliphatic rings. The molecule has 2 heteroatoms. The topological polar surface area (TPSA) is 20.3 Å². The molecule has 0 aromatic heterocycles. The molecule has 0 radical (unpaired) electrons. The highest BCUT2D eigenvalue weighted by Crippen LogP contribution is 2.20. The van der Waals surface area contributed by atoms with E-state index in [9.17, 15) is 4.79 Å². The van der Waals surface area contributed by atoms with Gasteiger partial charge in [0, 0.05) is 6.42 Å². The third-order valence-corrected chi connectivity index (χ3v) is 4.14. The summed E-state index contributed by atoms with van der Waals surface area (Å²) in [6.45, 7) is 5.25. The van der Waals surface area contributed by atoms with Crippen LogP contribution in [-0.2, 0) is 11.2 Å². The normalized spacial score (nSPS) is 20.9. The molecule has 98 valence electrons. The van der Waals surface area contributed by atoms with Crippen molar-refractivity contribution in [3.05, 3.63) is 34.9 Å². The van der Waals surface area contributed by atoms with Crippen LogP contribution in [0.1, 0.15) is 36.0 Å². The lowest BCUT2D eigenvalue weighted by Gasteiger charge is -2.31. The van der Waals surface area contributed by atoms with Crippen LogP contribution in [0.5, 0.6) is 0 Å². The predicted molar refractivity (Wildman–Crippen MR) is 74.9 cm³/mol. The minimum absolute atomic E-state index is 0.137. The largest absolute Gasteiger partial charge is 0.298 e. The zero-order valence-corrected chi connectivity index (χ0v) is 11.7. The number of carbonyl (C=O) groups excluding carboxylic acids is 1. The third kappa shape index (κ3) is 2.81. The van der Waals surface area contributed by atoms with Crippen LogP contribution in [0.4, 0.5) is 0 Å². The van der Waals surface area contributed by atoms with Gasteiger partial charge in [-0.05, 0) is 57.0 Å². The Hall–Kier alpha value is -1.15. The monoisotopic (exact) mass is 245 g/mol. The number of benzene rings is 1. The minimum Gasteiger partial charge on any atom is -0.298 e. The fraction of sp³-hybridized carbons (Fsp3) is 0.562. The van der Waals surface area contributed by atoms with E-state index in [0.29, 0.717) is 12.2 Å². The van der Waals surface area contributed by atoms with Crippen molar-refractivity contribution < 1.29 is 4.79 Å². The average Bonchev–Trinajstić information content (AvgIpc) is 2.34. The van der Waals surface area contributed by atoms with Crippen molar-refractivity contribution in [3.63, 3.8) is 0 Å². The summed E-state index contributed by atoms with van der Waals surface area (Å²) in [4.78, 5) is 14.7. The number of likely N-dealkylation sites (N-methyl/N-ethyl adjacent to an activating group) is 1. The van der Waals surface area contributed by atoms with Gasteiger partial charge in [-0.2, -0.15) is 0 Å². The summed E-state index contributed by atoms with van der Waals surface area (Å²) in [5.41, 5.74) is 3.70. The Labute approximate surface area is 110 Å². The average molecular weight is 245 g/mol. The van der Waals surface area contributed by atoms with Gasteiger partial charge in [0.05, 0.1) is 6.04 Å². The van der Waals surface area contributed by atoms with Gasteiger partial charge in [-0.15, -0.1) is 0 Å². The standard InChI is InChI=1S/C16H23NO/c1-12-7-6-8-13(2)14(12)11-16(18)15-9-4-5-10-17(15)3/h6-8,15H,4-5,9-11H2,1-3H3. The van der Waals surface area contributed by atoms with E-state index in [1.807, 2.05) is 0 Å². The molecule has 2 rings (SSSR count). The fourth-order valence-corrected chi connectivity index (χ4v) is 2.90. The van der Waals surface area contributed by atoms with Crippen molar-refractivity contribution in [1.82, 2.24) is 4.90 Å². The highest BCUT2D eigenvalue weighted by Gasteiger charge is 2.26. The second-order valence-electron chi connectivity index (χ2n) is 5.51. The molecule has 18 heavy (non-hydrogen) atoms. The van der Waals surface area contributed by atoms with Gasteiger partial charge in [0.1, 0.15) is 0 Å².